The molecule has 0 heteroatoms. The molecule has 2 unspecified atom stereocenters. The molecule has 0 rings (SSSR count). The van der Waals surface area contributed by atoms with Crippen LogP contribution in [-0.2, 0) is 0 Å². The molecule has 0 saturated heterocycles. The van der Waals surface area contributed by atoms with Crippen LogP contribution in [0.3, 0.4) is 0 Å². The van der Waals surface area contributed by atoms with Crippen molar-refractivity contribution in [3.8, 4) is 11.8 Å². The Bertz CT molecular complexity index is 393. The van der Waals surface area contributed by atoms with Gasteiger partial charge in [0.2, 0.25) is 0 Å². The third-order valence-electron chi connectivity index (χ3n) is 6.20. The summed E-state index contributed by atoms with van der Waals surface area (Å²) >= 11 is 0. The van der Waals surface area contributed by atoms with Crippen LogP contribution in [-0.4, -0.2) is 0 Å². The fourth-order valence-corrected chi connectivity index (χ4v) is 4.05. The van der Waals surface area contributed by atoms with Gasteiger partial charge >= 0.3 is 0 Å². The maximum Gasteiger partial charge on any atom is 0.0174 e. The molecule has 0 N–H and O–H groups in total. The van der Waals surface area contributed by atoms with Crippen LogP contribution in [0.1, 0.15) is 158 Å². The first-order valence-electron chi connectivity index (χ1n) is 13.5. The molecule has 0 aromatic carbocycles. The van der Waals surface area contributed by atoms with Gasteiger partial charge < -0.3 is 0 Å². The van der Waals surface area contributed by atoms with Gasteiger partial charge in [0.25, 0.3) is 0 Å². The lowest BCUT2D eigenvalue weighted by molar-refractivity contribution is 0.356. The van der Waals surface area contributed by atoms with Crippen LogP contribution in [0.4, 0.5) is 0 Å². The molecule has 0 aromatic rings. The lowest BCUT2D eigenvalue weighted by atomic mass is 9.89. The monoisotopic (exact) mass is 418 g/mol. The third-order valence-corrected chi connectivity index (χ3v) is 6.20. The molecule has 0 aliphatic heterocycles. The molecular formula is C30H58. The molecule has 0 aliphatic rings. The van der Waals surface area contributed by atoms with Crippen molar-refractivity contribution in [1.82, 2.24) is 0 Å². The quantitative estimate of drug-likeness (QED) is 0.173. The third kappa shape index (κ3) is 23.8. The van der Waals surface area contributed by atoms with E-state index in [1.165, 1.54) is 103 Å². The minimum Gasteiger partial charge on any atom is -0.0999 e. The Hall–Kier alpha value is -0.440. The topological polar surface area (TPSA) is 0 Å². The zero-order valence-electron chi connectivity index (χ0n) is 22.5. The number of hydrogen-bond acceptors (Lipinski definition) is 0. The van der Waals surface area contributed by atoms with Gasteiger partial charge in [0, 0.05) is 11.8 Å². The number of unbranched alkanes of at least 4 members (excludes halogenated alkanes) is 10. The van der Waals surface area contributed by atoms with Crippen molar-refractivity contribution in [3.63, 3.8) is 0 Å². The molecule has 0 fully saturated rings. The molecule has 0 spiro atoms. The van der Waals surface area contributed by atoms with E-state index < -0.39 is 0 Å². The van der Waals surface area contributed by atoms with Gasteiger partial charge in [-0.05, 0) is 36.5 Å². The number of hydrogen-bond donors (Lipinski definition) is 0. The molecule has 0 nitrogen and oxygen atoms in total. The molecule has 0 saturated carbocycles. The van der Waals surface area contributed by atoms with E-state index >= 15 is 0 Å². The van der Waals surface area contributed by atoms with Gasteiger partial charge in [-0.2, -0.15) is 0 Å². The molecule has 0 amide bonds. The minimum atomic E-state index is 0.511. The van der Waals surface area contributed by atoms with Crippen molar-refractivity contribution in [2.24, 2.45) is 22.7 Å². The van der Waals surface area contributed by atoms with E-state index in [2.05, 4.69) is 67.2 Å². The van der Waals surface area contributed by atoms with Crippen LogP contribution in [0.15, 0.2) is 0 Å². The van der Waals surface area contributed by atoms with Crippen molar-refractivity contribution in [2.75, 3.05) is 0 Å². The van der Waals surface area contributed by atoms with Crippen LogP contribution in [0.25, 0.3) is 0 Å². The summed E-state index contributed by atoms with van der Waals surface area (Å²) in [6.07, 6.45) is 22.1. The SMILES string of the molecule is CC(C#CC(C)CCCCCCCCC(C)(C)C)CCCCCCCCC(C)(C)C. The van der Waals surface area contributed by atoms with Crippen LogP contribution in [0, 0.1) is 34.5 Å². The highest BCUT2D eigenvalue weighted by Gasteiger charge is 2.09. The Kier molecular flexibility index (Phi) is 16.9. The fraction of sp³-hybridized carbons (Fsp3) is 0.933. The molecule has 0 aromatic heterocycles. The predicted octanol–water partition coefficient (Wildman–Crippen LogP) is 10.6. The largest absolute Gasteiger partial charge is 0.0999 e. The average Bonchev–Trinajstić information content (AvgIpc) is 2.62. The van der Waals surface area contributed by atoms with Crippen LogP contribution in [0.5, 0.6) is 0 Å². The molecule has 0 aliphatic carbocycles. The van der Waals surface area contributed by atoms with Crippen molar-refractivity contribution < 1.29 is 0 Å². The van der Waals surface area contributed by atoms with Gasteiger partial charge in [-0.25, -0.2) is 0 Å². The highest BCUT2D eigenvalue weighted by molar-refractivity contribution is 5.05. The average molecular weight is 419 g/mol. The first kappa shape index (κ1) is 29.6. The summed E-state index contributed by atoms with van der Waals surface area (Å²) in [5.41, 5.74) is 1.02. The van der Waals surface area contributed by atoms with Crippen molar-refractivity contribution in [1.29, 1.82) is 0 Å². The van der Waals surface area contributed by atoms with Crippen molar-refractivity contribution >= 4 is 0 Å². The summed E-state index contributed by atoms with van der Waals surface area (Å²) in [6.45, 7) is 18.8. The van der Waals surface area contributed by atoms with Crippen LogP contribution in [0.2, 0.25) is 0 Å². The molecule has 0 bridgehead atoms. The van der Waals surface area contributed by atoms with Gasteiger partial charge in [0.1, 0.15) is 0 Å². The van der Waals surface area contributed by atoms with E-state index in [9.17, 15) is 0 Å². The number of rotatable bonds is 16. The van der Waals surface area contributed by atoms with Crippen LogP contribution < -0.4 is 0 Å². The predicted molar refractivity (Wildman–Crippen MR) is 139 cm³/mol. The maximum absolute atomic E-state index is 3.54. The zero-order chi connectivity index (χ0) is 22.9. The summed E-state index contributed by atoms with van der Waals surface area (Å²) in [7, 11) is 0. The fourth-order valence-electron chi connectivity index (χ4n) is 4.05. The summed E-state index contributed by atoms with van der Waals surface area (Å²) in [5, 5.41) is 0. The Balaban J connectivity index is 3.55. The van der Waals surface area contributed by atoms with E-state index in [-0.39, 0.29) is 0 Å². The highest BCUT2D eigenvalue weighted by atomic mass is 14.2. The zero-order valence-corrected chi connectivity index (χ0v) is 22.5. The maximum atomic E-state index is 3.54. The lowest BCUT2D eigenvalue weighted by Gasteiger charge is -2.17. The molecule has 178 valence electrons. The van der Waals surface area contributed by atoms with E-state index in [0.29, 0.717) is 22.7 Å². The van der Waals surface area contributed by atoms with Gasteiger partial charge in [0.05, 0.1) is 0 Å². The van der Waals surface area contributed by atoms with Crippen molar-refractivity contribution in [2.45, 2.75) is 158 Å². The molecule has 0 radical (unpaired) electrons. The van der Waals surface area contributed by atoms with Gasteiger partial charge in [-0.15, -0.1) is 0 Å². The Morgan fingerprint density at radius 2 is 0.700 bits per heavy atom. The molecule has 0 heterocycles. The second kappa shape index (κ2) is 17.2. The van der Waals surface area contributed by atoms with Crippen molar-refractivity contribution in [3.05, 3.63) is 0 Å². The second-order valence-electron chi connectivity index (χ2n) is 12.5. The molecule has 2 atom stereocenters. The van der Waals surface area contributed by atoms with E-state index in [4.69, 9.17) is 0 Å². The van der Waals surface area contributed by atoms with Gasteiger partial charge in [-0.3, -0.25) is 0 Å². The normalized spacial score (nSPS) is 14.3. The van der Waals surface area contributed by atoms with E-state index in [1.807, 2.05) is 0 Å². The Morgan fingerprint density at radius 1 is 0.433 bits per heavy atom. The summed E-state index contributed by atoms with van der Waals surface area (Å²) < 4.78 is 0. The van der Waals surface area contributed by atoms with Crippen LogP contribution >= 0.6 is 0 Å². The summed E-state index contributed by atoms with van der Waals surface area (Å²) in [5.74, 6) is 8.25. The standard InChI is InChI=1S/C30H58/c1-27(21-17-13-9-11-15-19-25-29(3,4)5)23-24-28(2)22-18-14-10-12-16-20-26-30(6,7)8/h27-28H,9-22,25-26H2,1-8H3. The molecular weight excluding hydrogens is 360 g/mol. The second-order valence-corrected chi connectivity index (χ2v) is 12.5. The Labute approximate surface area is 192 Å². The lowest BCUT2D eigenvalue weighted by Crippen LogP contribution is -2.03. The smallest absolute Gasteiger partial charge is 0.0174 e. The van der Waals surface area contributed by atoms with E-state index in [1.54, 1.807) is 0 Å². The van der Waals surface area contributed by atoms with Gasteiger partial charge in [-0.1, -0.05) is 144 Å². The first-order valence-corrected chi connectivity index (χ1v) is 13.5. The summed E-state index contributed by atoms with van der Waals surface area (Å²) in [4.78, 5) is 0. The Morgan fingerprint density at radius 3 is 1.00 bits per heavy atom. The summed E-state index contributed by atoms with van der Waals surface area (Å²) in [6, 6.07) is 0. The van der Waals surface area contributed by atoms with E-state index in [0.717, 1.165) is 0 Å². The first-order chi connectivity index (χ1) is 14.0. The van der Waals surface area contributed by atoms with Gasteiger partial charge in [0.15, 0.2) is 0 Å². The minimum absolute atomic E-state index is 0.511. The molecule has 30 heavy (non-hydrogen) atoms. The highest BCUT2D eigenvalue weighted by Crippen LogP contribution is 2.23.